The predicted molar refractivity (Wildman–Crippen MR) is 111 cm³/mol. The average molecular weight is 385 g/mol. The highest BCUT2D eigenvalue weighted by molar-refractivity contribution is 6.25. The van der Waals surface area contributed by atoms with E-state index in [4.69, 9.17) is 4.74 Å². The lowest BCUT2D eigenvalue weighted by Crippen LogP contribution is -2.24. The van der Waals surface area contributed by atoms with Crippen LogP contribution in [0.1, 0.15) is 12.6 Å². The third-order valence-corrected chi connectivity index (χ3v) is 5.99. The summed E-state index contributed by atoms with van der Waals surface area (Å²) < 4.78 is 7.33. The molecule has 0 saturated carbocycles. The maximum absolute atomic E-state index is 10.00. The molecule has 1 fully saturated rings. The van der Waals surface area contributed by atoms with Crippen molar-refractivity contribution in [2.24, 2.45) is 0 Å². The highest BCUT2D eigenvalue weighted by Gasteiger charge is 2.35. The van der Waals surface area contributed by atoms with Gasteiger partial charge in [-0.25, -0.2) is 4.68 Å². The topological polar surface area (TPSA) is 80.4 Å². The standard InChI is InChI=1S/C23H19N3O3/c27-12-20-19(28)10-21(29-20)26-11-18(24-25-26)16-8-6-15-5-4-13-2-1-3-14-7-9-17(16)23(15)22(13)14/h1-9,11,19-21,27-28H,10,12H2/t19-,20+,21+/m0/s1. The number of aromatic nitrogens is 3. The molecule has 0 amide bonds. The van der Waals surface area contributed by atoms with Crippen LogP contribution >= 0.6 is 0 Å². The maximum Gasteiger partial charge on any atom is 0.155 e. The van der Waals surface area contributed by atoms with Crippen molar-refractivity contribution in [2.75, 3.05) is 6.61 Å². The monoisotopic (exact) mass is 385 g/mol. The zero-order valence-electron chi connectivity index (χ0n) is 15.6. The molecule has 3 atom stereocenters. The van der Waals surface area contributed by atoms with Crippen molar-refractivity contribution in [3.8, 4) is 11.3 Å². The van der Waals surface area contributed by atoms with Crippen LogP contribution in [0.15, 0.2) is 60.8 Å². The summed E-state index contributed by atoms with van der Waals surface area (Å²) in [4.78, 5) is 0. The third kappa shape index (κ3) is 2.47. The van der Waals surface area contributed by atoms with E-state index in [0.29, 0.717) is 6.42 Å². The number of hydrogen-bond acceptors (Lipinski definition) is 5. The van der Waals surface area contributed by atoms with Crippen LogP contribution in [0.25, 0.3) is 43.6 Å². The molecule has 144 valence electrons. The number of aliphatic hydroxyl groups is 2. The van der Waals surface area contributed by atoms with Crippen LogP contribution in [0.4, 0.5) is 0 Å². The van der Waals surface area contributed by atoms with Gasteiger partial charge in [-0.2, -0.15) is 0 Å². The lowest BCUT2D eigenvalue weighted by atomic mass is 9.91. The Bertz CT molecular complexity index is 1330. The second-order valence-electron chi connectivity index (χ2n) is 7.67. The number of rotatable bonds is 3. The molecule has 0 spiro atoms. The Morgan fingerprint density at radius 2 is 1.69 bits per heavy atom. The molecule has 1 aliphatic heterocycles. The van der Waals surface area contributed by atoms with Gasteiger partial charge in [0.15, 0.2) is 6.23 Å². The van der Waals surface area contributed by atoms with E-state index in [0.717, 1.165) is 16.6 Å². The van der Waals surface area contributed by atoms with E-state index in [-0.39, 0.29) is 6.61 Å². The Hall–Kier alpha value is -3.06. The highest BCUT2D eigenvalue weighted by atomic mass is 16.5. The fourth-order valence-corrected chi connectivity index (χ4v) is 4.54. The molecule has 0 aliphatic carbocycles. The van der Waals surface area contributed by atoms with Gasteiger partial charge in [-0.1, -0.05) is 59.8 Å². The third-order valence-electron chi connectivity index (χ3n) is 5.99. The first kappa shape index (κ1) is 16.9. The van der Waals surface area contributed by atoms with Gasteiger partial charge < -0.3 is 14.9 Å². The van der Waals surface area contributed by atoms with E-state index in [2.05, 4.69) is 64.9 Å². The van der Waals surface area contributed by atoms with E-state index < -0.39 is 18.4 Å². The van der Waals surface area contributed by atoms with Crippen LogP contribution in [0.5, 0.6) is 0 Å². The summed E-state index contributed by atoms with van der Waals surface area (Å²) in [6, 6.07) is 19.2. The maximum atomic E-state index is 10.00. The fraction of sp³-hybridized carbons (Fsp3) is 0.217. The first-order chi connectivity index (χ1) is 14.2. The summed E-state index contributed by atoms with van der Waals surface area (Å²) in [6.07, 6.45) is 0.521. The minimum absolute atomic E-state index is 0.214. The highest BCUT2D eigenvalue weighted by Crippen LogP contribution is 2.39. The molecule has 2 N–H and O–H groups in total. The first-order valence-corrected chi connectivity index (χ1v) is 9.76. The van der Waals surface area contributed by atoms with E-state index in [1.807, 2.05) is 6.20 Å². The quantitative estimate of drug-likeness (QED) is 0.465. The van der Waals surface area contributed by atoms with Crippen molar-refractivity contribution in [2.45, 2.75) is 24.9 Å². The van der Waals surface area contributed by atoms with Gasteiger partial charge in [-0.05, 0) is 32.3 Å². The van der Waals surface area contributed by atoms with Crippen LogP contribution < -0.4 is 0 Å². The number of aliphatic hydroxyl groups excluding tert-OH is 2. The molecule has 1 aliphatic rings. The van der Waals surface area contributed by atoms with Crippen molar-refractivity contribution in [3.63, 3.8) is 0 Å². The van der Waals surface area contributed by atoms with Crippen LogP contribution in [0.2, 0.25) is 0 Å². The van der Waals surface area contributed by atoms with Crippen LogP contribution in [-0.2, 0) is 4.74 Å². The summed E-state index contributed by atoms with van der Waals surface area (Å²) in [5, 5.41) is 35.2. The minimum atomic E-state index is -0.702. The van der Waals surface area contributed by atoms with E-state index in [1.165, 1.54) is 26.9 Å². The molecule has 1 aromatic heterocycles. The lowest BCUT2D eigenvalue weighted by Gasteiger charge is -2.13. The SMILES string of the molecule is OC[C@H]1O[C@@H](n2cc(-c3ccc4ccc5cccc6ccc3c4c56)nn2)C[C@@H]1O. The van der Waals surface area contributed by atoms with E-state index >= 15 is 0 Å². The van der Waals surface area contributed by atoms with Gasteiger partial charge in [-0.15, -0.1) is 5.10 Å². The molecule has 4 aromatic carbocycles. The van der Waals surface area contributed by atoms with Crippen LogP contribution in [0, 0.1) is 0 Å². The van der Waals surface area contributed by atoms with Gasteiger partial charge >= 0.3 is 0 Å². The van der Waals surface area contributed by atoms with E-state index in [9.17, 15) is 10.2 Å². The minimum Gasteiger partial charge on any atom is -0.394 e. The lowest BCUT2D eigenvalue weighted by molar-refractivity contribution is -0.0489. The molecule has 2 heterocycles. The summed E-state index contributed by atoms with van der Waals surface area (Å²) >= 11 is 0. The Morgan fingerprint density at radius 3 is 2.45 bits per heavy atom. The van der Waals surface area contributed by atoms with Gasteiger partial charge in [0.1, 0.15) is 11.8 Å². The van der Waals surface area contributed by atoms with Crippen molar-refractivity contribution in [1.82, 2.24) is 15.0 Å². The Kier molecular flexibility index (Phi) is 3.61. The van der Waals surface area contributed by atoms with E-state index in [1.54, 1.807) is 4.68 Å². The number of benzene rings is 4. The molecule has 6 rings (SSSR count). The zero-order chi connectivity index (χ0) is 19.5. The summed E-state index contributed by atoms with van der Waals surface area (Å²) in [7, 11) is 0. The molecule has 5 aromatic rings. The van der Waals surface area contributed by atoms with Gasteiger partial charge in [0.25, 0.3) is 0 Å². The summed E-state index contributed by atoms with van der Waals surface area (Å²) in [5.74, 6) is 0. The predicted octanol–water partition coefficient (Wildman–Crippen LogP) is 3.48. The van der Waals surface area contributed by atoms with Crippen molar-refractivity contribution < 1.29 is 14.9 Å². The second-order valence-corrected chi connectivity index (χ2v) is 7.67. The molecule has 29 heavy (non-hydrogen) atoms. The second kappa shape index (κ2) is 6.22. The van der Waals surface area contributed by atoms with Crippen molar-refractivity contribution >= 4 is 32.3 Å². The molecular formula is C23H19N3O3. The van der Waals surface area contributed by atoms with Gasteiger partial charge in [0.2, 0.25) is 0 Å². The van der Waals surface area contributed by atoms with Crippen LogP contribution in [-0.4, -0.2) is 44.0 Å². The smallest absolute Gasteiger partial charge is 0.155 e. The summed E-state index contributed by atoms with van der Waals surface area (Å²) in [6.45, 7) is -0.214. The normalized spacial score (nSPS) is 22.3. The molecule has 6 heteroatoms. The molecule has 0 unspecified atom stereocenters. The Labute approximate surface area is 166 Å². The Morgan fingerprint density at radius 1 is 0.966 bits per heavy atom. The number of nitrogens with zero attached hydrogens (tertiary/aromatic N) is 3. The number of hydrogen-bond donors (Lipinski definition) is 2. The molecule has 0 bridgehead atoms. The molecule has 1 saturated heterocycles. The molecule has 0 radical (unpaired) electrons. The summed E-state index contributed by atoms with van der Waals surface area (Å²) in [5.41, 5.74) is 1.77. The van der Waals surface area contributed by atoms with Gasteiger partial charge in [0, 0.05) is 12.0 Å². The van der Waals surface area contributed by atoms with Crippen molar-refractivity contribution in [1.29, 1.82) is 0 Å². The van der Waals surface area contributed by atoms with Gasteiger partial charge in [0.05, 0.1) is 18.9 Å². The van der Waals surface area contributed by atoms with Crippen LogP contribution in [0.3, 0.4) is 0 Å². The zero-order valence-corrected chi connectivity index (χ0v) is 15.6. The van der Waals surface area contributed by atoms with Gasteiger partial charge in [-0.3, -0.25) is 0 Å². The molecular weight excluding hydrogens is 366 g/mol. The fourth-order valence-electron chi connectivity index (χ4n) is 4.54. The average Bonchev–Trinajstić information content (AvgIpc) is 3.38. The largest absolute Gasteiger partial charge is 0.394 e. The Balaban J connectivity index is 1.49. The molecule has 6 nitrogen and oxygen atoms in total. The first-order valence-electron chi connectivity index (χ1n) is 9.76. The number of ether oxygens (including phenoxy) is 1. The van der Waals surface area contributed by atoms with Crippen molar-refractivity contribution in [3.05, 3.63) is 60.8 Å².